The van der Waals surface area contributed by atoms with Gasteiger partial charge in [0.1, 0.15) is 5.75 Å². The number of benzene rings is 2. The van der Waals surface area contributed by atoms with Crippen LogP contribution in [0.4, 0.5) is 0 Å². The summed E-state index contributed by atoms with van der Waals surface area (Å²) < 4.78 is 0. The van der Waals surface area contributed by atoms with Crippen LogP contribution in [0.2, 0.25) is 0 Å². The van der Waals surface area contributed by atoms with E-state index < -0.39 is 0 Å². The summed E-state index contributed by atoms with van der Waals surface area (Å²) in [7, 11) is 0. The number of aliphatic hydroxyl groups excluding tert-OH is 1. The third-order valence-corrected chi connectivity index (χ3v) is 2.33. The Kier molecular flexibility index (Phi) is 2.70. The molecule has 0 spiro atoms. The van der Waals surface area contributed by atoms with Crippen molar-refractivity contribution in [2.75, 3.05) is 6.61 Å². The molecular weight excluding hydrogens is 188 g/mol. The van der Waals surface area contributed by atoms with Crippen molar-refractivity contribution in [3.8, 4) is 5.75 Å². The summed E-state index contributed by atoms with van der Waals surface area (Å²) in [6.07, 6.45) is 3.31. The van der Waals surface area contributed by atoms with Gasteiger partial charge in [-0.25, -0.2) is 0 Å². The van der Waals surface area contributed by atoms with Crippen LogP contribution in [0.3, 0.4) is 0 Å². The minimum absolute atomic E-state index is 0.0216. The second kappa shape index (κ2) is 4.15. The van der Waals surface area contributed by atoms with E-state index in [1.165, 1.54) is 0 Å². The number of aliphatic hydroxyl groups is 1. The maximum absolute atomic E-state index is 9.94. The van der Waals surface area contributed by atoms with Crippen molar-refractivity contribution in [2.24, 2.45) is 0 Å². The fraction of sp³-hybridized carbons (Fsp3) is 0.0769. The Bertz CT molecular complexity index is 501. The third kappa shape index (κ3) is 1.85. The monoisotopic (exact) mass is 200 g/mol. The maximum atomic E-state index is 9.94. The van der Waals surface area contributed by atoms with Crippen molar-refractivity contribution in [3.05, 3.63) is 48.0 Å². The number of rotatable bonds is 2. The van der Waals surface area contributed by atoms with Gasteiger partial charge in [0.15, 0.2) is 0 Å². The van der Waals surface area contributed by atoms with Crippen LogP contribution in [0.5, 0.6) is 5.75 Å². The first kappa shape index (κ1) is 9.74. The van der Waals surface area contributed by atoms with E-state index in [0.29, 0.717) is 0 Å². The van der Waals surface area contributed by atoms with Crippen LogP contribution in [0.1, 0.15) is 5.56 Å². The Balaban J connectivity index is 2.60. The first-order valence-electron chi connectivity index (χ1n) is 4.81. The van der Waals surface area contributed by atoms with Gasteiger partial charge < -0.3 is 10.2 Å². The van der Waals surface area contributed by atoms with E-state index in [0.717, 1.165) is 16.3 Å². The molecule has 0 bridgehead atoms. The number of phenols is 1. The van der Waals surface area contributed by atoms with Gasteiger partial charge in [-0.05, 0) is 5.39 Å². The number of fused-ring (bicyclic) bond motifs is 1. The summed E-state index contributed by atoms with van der Waals surface area (Å²) >= 11 is 0. The van der Waals surface area contributed by atoms with E-state index in [-0.39, 0.29) is 12.4 Å². The minimum atomic E-state index is -0.0216. The van der Waals surface area contributed by atoms with E-state index >= 15 is 0 Å². The van der Waals surface area contributed by atoms with Crippen LogP contribution >= 0.6 is 0 Å². The number of hydrogen-bond donors (Lipinski definition) is 2. The van der Waals surface area contributed by atoms with Crippen molar-refractivity contribution in [1.82, 2.24) is 0 Å². The molecule has 2 heteroatoms. The Morgan fingerprint density at radius 1 is 1.07 bits per heavy atom. The lowest BCUT2D eigenvalue weighted by Gasteiger charge is -2.03. The largest absolute Gasteiger partial charge is 0.507 e. The van der Waals surface area contributed by atoms with E-state index in [1.54, 1.807) is 12.2 Å². The molecule has 2 aromatic carbocycles. The molecule has 0 saturated carbocycles. The zero-order valence-corrected chi connectivity index (χ0v) is 8.22. The molecule has 0 fully saturated rings. The van der Waals surface area contributed by atoms with Crippen LogP contribution in [-0.2, 0) is 0 Å². The molecule has 0 radical (unpaired) electrons. The molecular formula is C13H12O2. The van der Waals surface area contributed by atoms with Crippen LogP contribution in [-0.4, -0.2) is 16.8 Å². The highest BCUT2D eigenvalue weighted by Gasteiger charge is 2.02. The SMILES string of the molecule is OCC=Cc1ccc2ccccc2c1O. The quantitative estimate of drug-likeness (QED) is 0.782. The van der Waals surface area contributed by atoms with Crippen LogP contribution in [0.25, 0.3) is 16.8 Å². The van der Waals surface area contributed by atoms with Crippen LogP contribution < -0.4 is 0 Å². The molecule has 0 heterocycles. The van der Waals surface area contributed by atoms with Crippen molar-refractivity contribution < 1.29 is 10.2 Å². The highest BCUT2D eigenvalue weighted by molar-refractivity contribution is 5.91. The Morgan fingerprint density at radius 2 is 1.87 bits per heavy atom. The summed E-state index contributed by atoms with van der Waals surface area (Å²) in [6.45, 7) is -0.0216. The Morgan fingerprint density at radius 3 is 2.67 bits per heavy atom. The molecule has 0 saturated heterocycles. The molecule has 0 aliphatic carbocycles. The van der Waals surface area contributed by atoms with Gasteiger partial charge in [-0.1, -0.05) is 48.6 Å². The van der Waals surface area contributed by atoms with E-state index in [4.69, 9.17) is 5.11 Å². The van der Waals surface area contributed by atoms with Gasteiger partial charge in [0.25, 0.3) is 0 Å². The van der Waals surface area contributed by atoms with Gasteiger partial charge in [-0.2, -0.15) is 0 Å². The molecule has 0 aromatic heterocycles. The Hall–Kier alpha value is -1.80. The molecule has 76 valence electrons. The Labute approximate surface area is 88.1 Å². The number of phenolic OH excluding ortho intramolecular Hbond substituents is 1. The summed E-state index contributed by atoms with van der Waals surface area (Å²) in [6, 6.07) is 11.4. The normalized spacial score (nSPS) is 11.3. The lowest BCUT2D eigenvalue weighted by atomic mass is 10.1. The fourth-order valence-corrected chi connectivity index (χ4v) is 1.59. The summed E-state index contributed by atoms with van der Waals surface area (Å²) in [5.41, 5.74) is 0.725. The first-order valence-corrected chi connectivity index (χ1v) is 4.81. The van der Waals surface area contributed by atoms with E-state index in [9.17, 15) is 5.11 Å². The highest BCUT2D eigenvalue weighted by Crippen LogP contribution is 2.29. The third-order valence-electron chi connectivity index (χ3n) is 2.33. The van der Waals surface area contributed by atoms with Crippen molar-refractivity contribution in [3.63, 3.8) is 0 Å². The molecule has 0 amide bonds. The molecule has 2 nitrogen and oxygen atoms in total. The average Bonchev–Trinajstić information content (AvgIpc) is 2.29. The smallest absolute Gasteiger partial charge is 0.130 e. The second-order valence-electron chi connectivity index (χ2n) is 3.31. The zero-order chi connectivity index (χ0) is 10.7. The topological polar surface area (TPSA) is 40.5 Å². The second-order valence-corrected chi connectivity index (χ2v) is 3.31. The predicted molar refractivity (Wildman–Crippen MR) is 61.7 cm³/mol. The highest BCUT2D eigenvalue weighted by atomic mass is 16.3. The molecule has 15 heavy (non-hydrogen) atoms. The molecule has 2 rings (SSSR count). The van der Waals surface area contributed by atoms with Crippen molar-refractivity contribution in [2.45, 2.75) is 0 Å². The maximum Gasteiger partial charge on any atom is 0.130 e. The van der Waals surface area contributed by atoms with Gasteiger partial charge >= 0.3 is 0 Å². The van der Waals surface area contributed by atoms with Gasteiger partial charge in [-0.3, -0.25) is 0 Å². The van der Waals surface area contributed by atoms with Gasteiger partial charge in [0.2, 0.25) is 0 Å². The first-order chi connectivity index (χ1) is 7.33. The molecule has 0 aliphatic heterocycles. The van der Waals surface area contributed by atoms with Gasteiger partial charge in [-0.15, -0.1) is 0 Å². The predicted octanol–water partition coefficient (Wildman–Crippen LogP) is 2.55. The molecule has 0 aliphatic rings. The standard InChI is InChI=1S/C13H12O2/c14-9-3-5-11-8-7-10-4-1-2-6-12(10)13(11)15/h1-8,14-15H,9H2. The lowest BCUT2D eigenvalue weighted by Crippen LogP contribution is -1.79. The van der Waals surface area contributed by atoms with E-state index in [1.807, 2.05) is 36.4 Å². The number of hydrogen-bond acceptors (Lipinski definition) is 2. The molecule has 0 unspecified atom stereocenters. The summed E-state index contributed by atoms with van der Waals surface area (Å²) in [4.78, 5) is 0. The van der Waals surface area contributed by atoms with Crippen molar-refractivity contribution in [1.29, 1.82) is 0 Å². The van der Waals surface area contributed by atoms with Crippen LogP contribution in [0.15, 0.2) is 42.5 Å². The lowest BCUT2D eigenvalue weighted by molar-refractivity contribution is 0.343. The average molecular weight is 200 g/mol. The molecule has 0 atom stereocenters. The zero-order valence-electron chi connectivity index (χ0n) is 8.22. The number of aromatic hydroxyl groups is 1. The van der Waals surface area contributed by atoms with Gasteiger partial charge in [0, 0.05) is 10.9 Å². The van der Waals surface area contributed by atoms with E-state index in [2.05, 4.69) is 0 Å². The van der Waals surface area contributed by atoms with Crippen LogP contribution in [0, 0.1) is 0 Å². The summed E-state index contributed by atoms with van der Waals surface area (Å²) in [5, 5.41) is 20.4. The molecule has 2 aromatic rings. The molecule has 2 N–H and O–H groups in total. The van der Waals surface area contributed by atoms with Crippen molar-refractivity contribution >= 4 is 16.8 Å². The minimum Gasteiger partial charge on any atom is -0.507 e. The van der Waals surface area contributed by atoms with Gasteiger partial charge in [0.05, 0.1) is 6.61 Å². The fourth-order valence-electron chi connectivity index (χ4n) is 1.59. The summed E-state index contributed by atoms with van der Waals surface area (Å²) in [5.74, 6) is 0.262.